The Balaban J connectivity index is 1.79. The van der Waals surface area contributed by atoms with E-state index in [4.69, 9.17) is 11.2 Å². The van der Waals surface area contributed by atoms with Crippen LogP contribution >= 0.6 is 0 Å². The van der Waals surface area contributed by atoms with Gasteiger partial charge in [-0.05, 0) is 54.7 Å². The Morgan fingerprint density at radius 2 is 1.83 bits per heavy atom. The van der Waals surface area contributed by atoms with E-state index in [9.17, 15) is 9.59 Å². The third-order valence-electron chi connectivity index (χ3n) is 6.11. The molecule has 1 unspecified atom stereocenters. The van der Waals surface area contributed by atoms with Gasteiger partial charge in [-0.15, -0.1) is 6.42 Å². The smallest absolute Gasteiger partial charge is 0.303 e. The van der Waals surface area contributed by atoms with Crippen molar-refractivity contribution in [2.45, 2.75) is 19.4 Å². The summed E-state index contributed by atoms with van der Waals surface area (Å²) in [5.41, 5.74) is 3.67. The van der Waals surface area contributed by atoms with Crippen molar-refractivity contribution in [3.05, 3.63) is 89.6 Å². The number of aromatic nitrogens is 2. The molecule has 1 atom stereocenters. The molecule has 7 nitrogen and oxygen atoms in total. The number of carbonyl (C=O) groups excluding carboxylic acids is 2. The molecule has 182 valence electrons. The van der Waals surface area contributed by atoms with Crippen LogP contribution in [0.3, 0.4) is 0 Å². The van der Waals surface area contributed by atoms with Crippen LogP contribution in [-0.2, 0) is 23.1 Å². The van der Waals surface area contributed by atoms with Gasteiger partial charge < -0.3 is 10.1 Å². The van der Waals surface area contributed by atoms with Crippen molar-refractivity contribution in [2.24, 2.45) is 7.05 Å². The summed E-state index contributed by atoms with van der Waals surface area (Å²) in [6.45, 7) is 2.26. The zero-order valence-corrected chi connectivity index (χ0v) is 20.6. The van der Waals surface area contributed by atoms with E-state index < -0.39 is 11.9 Å². The number of nitrogens with zero attached hydrogens (tertiary/aromatic N) is 3. The number of methoxy groups -OCH3 is 1. The van der Waals surface area contributed by atoms with Gasteiger partial charge in [-0.1, -0.05) is 48.5 Å². The normalized spacial score (nSPS) is 11.5. The molecule has 0 aliphatic rings. The number of fused-ring (bicyclic) bond motifs is 1. The van der Waals surface area contributed by atoms with Gasteiger partial charge in [0.15, 0.2) is 6.04 Å². The molecule has 0 radical (unpaired) electrons. The summed E-state index contributed by atoms with van der Waals surface area (Å²) in [6.07, 6.45) is 6.24. The highest BCUT2D eigenvalue weighted by Crippen LogP contribution is 2.34. The average Bonchev–Trinajstić information content (AvgIpc) is 3.23. The summed E-state index contributed by atoms with van der Waals surface area (Å²) in [7, 11) is 3.39. The van der Waals surface area contributed by atoms with E-state index in [1.54, 1.807) is 37.0 Å². The summed E-state index contributed by atoms with van der Waals surface area (Å²) in [5, 5.41) is 8.43. The van der Waals surface area contributed by atoms with Crippen molar-refractivity contribution in [1.29, 1.82) is 0 Å². The molecule has 1 N–H and O–H groups in total. The van der Waals surface area contributed by atoms with E-state index in [-0.39, 0.29) is 5.91 Å². The Kier molecular flexibility index (Phi) is 7.36. The largest absolute Gasteiger partial charge is 0.496 e. The van der Waals surface area contributed by atoms with Crippen LogP contribution in [0.4, 0.5) is 5.69 Å². The summed E-state index contributed by atoms with van der Waals surface area (Å²) < 4.78 is 7.08. The maximum absolute atomic E-state index is 13.8. The lowest BCUT2D eigenvalue weighted by atomic mass is 10.0. The van der Waals surface area contributed by atoms with Gasteiger partial charge in [0.1, 0.15) is 11.4 Å². The molecule has 1 heterocycles. The van der Waals surface area contributed by atoms with Crippen molar-refractivity contribution in [3.63, 3.8) is 0 Å². The second kappa shape index (κ2) is 10.8. The fraction of sp³-hybridized carbons (Fsp3) is 0.207. The lowest BCUT2D eigenvalue weighted by Crippen LogP contribution is -2.44. The van der Waals surface area contributed by atoms with Crippen molar-refractivity contribution in [3.8, 4) is 18.1 Å². The van der Waals surface area contributed by atoms with Crippen LogP contribution in [0.25, 0.3) is 10.9 Å². The lowest BCUT2D eigenvalue weighted by molar-refractivity contribution is -0.125. The Morgan fingerprint density at radius 3 is 2.53 bits per heavy atom. The minimum atomic E-state index is -1.08. The number of hydrogen-bond donors (Lipinski definition) is 1. The summed E-state index contributed by atoms with van der Waals surface area (Å²) in [5.74, 6) is 1.85. The Morgan fingerprint density at radius 1 is 1.11 bits per heavy atom. The number of ether oxygens (including phenoxy) is 1. The summed E-state index contributed by atoms with van der Waals surface area (Å²) in [4.78, 5) is 28.3. The predicted octanol–water partition coefficient (Wildman–Crippen LogP) is 3.96. The SMILES string of the molecule is C#CC(=O)N(c1ccc(OC)c(C)c1)C(C(=O)NCCc1ccccc1)c1nn(C)c2ccccc12. The van der Waals surface area contributed by atoms with Gasteiger partial charge >= 0.3 is 5.91 Å². The van der Waals surface area contributed by atoms with Gasteiger partial charge in [-0.2, -0.15) is 5.10 Å². The van der Waals surface area contributed by atoms with Crippen LogP contribution < -0.4 is 15.0 Å². The van der Waals surface area contributed by atoms with Crippen molar-refractivity contribution in [1.82, 2.24) is 15.1 Å². The first-order chi connectivity index (χ1) is 17.4. The lowest BCUT2D eigenvalue weighted by Gasteiger charge is -2.29. The van der Waals surface area contributed by atoms with E-state index in [0.717, 1.165) is 22.0 Å². The molecule has 3 aromatic carbocycles. The zero-order valence-electron chi connectivity index (χ0n) is 20.6. The molecule has 4 rings (SSSR count). The van der Waals surface area contributed by atoms with Crippen LogP contribution in [0.15, 0.2) is 72.8 Å². The molecule has 0 spiro atoms. The number of nitrogens with one attached hydrogen (secondary N) is 1. The van der Waals surface area contributed by atoms with Crippen molar-refractivity contribution < 1.29 is 14.3 Å². The highest BCUT2D eigenvalue weighted by Gasteiger charge is 2.35. The number of rotatable bonds is 8. The Labute approximate surface area is 210 Å². The number of terminal acetylenes is 1. The second-order valence-corrected chi connectivity index (χ2v) is 8.43. The van der Waals surface area contributed by atoms with Crippen molar-refractivity contribution in [2.75, 3.05) is 18.6 Å². The molecule has 0 saturated carbocycles. The minimum Gasteiger partial charge on any atom is -0.496 e. The number of hydrogen-bond acceptors (Lipinski definition) is 4. The van der Waals surface area contributed by atoms with Crippen molar-refractivity contribution >= 4 is 28.4 Å². The number of aryl methyl sites for hydroxylation is 2. The predicted molar refractivity (Wildman–Crippen MR) is 141 cm³/mol. The van der Waals surface area contributed by atoms with Gasteiger partial charge in [-0.3, -0.25) is 19.2 Å². The minimum absolute atomic E-state index is 0.369. The fourth-order valence-electron chi connectivity index (χ4n) is 4.34. The first-order valence-electron chi connectivity index (χ1n) is 11.6. The molecule has 0 bridgehead atoms. The number of benzene rings is 3. The quantitative estimate of drug-likeness (QED) is 0.388. The second-order valence-electron chi connectivity index (χ2n) is 8.43. The number of anilines is 1. The summed E-state index contributed by atoms with van der Waals surface area (Å²) in [6, 6.07) is 21.6. The standard InChI is InChI=1S/C29H28N4O3/c1-5-26(34)33(22-15-16-25(36-4)20(2)19-22)28(27-23-13-9-10-14-24(23)32(3)31-27)29(35)30-18-17-21-11-7-6-8-12-21/h1,6-16,19,28H,17-18H2,2-4H3,(H,30,35). The van der Waals surface area contributed by atoms with Crippen LogP contribution in [0.5, 0.6) is 5.75 Å². The highest BCUT2D eigenvalue weighted by atomic mass is 16.5. The molecule has 0 aliphatic carbocycles. The van der Waals surface area contributed by atoms with E-state index in [1.807, 2.05) is 61.5 Å². The van der Waals surface area contributed by atoms with Gasteiger partial charge in [-0.25, -0.2) is 0 Å². The van der Waals surface area contributed by atoms with E-state index in [2.05, 4.69) is 16.3 Å². The highest BCUT2D eigenvalue weighted by molar-refractivity contribution is 6.10. The monoisotopic (exact) mass is 480 g/mol. The first kappa shape index (κ1) is 24.6. The Bertz CT molecular complexity index is 1440. The number of carbonyl (C=O) groups is 2. The van der Waals surface area contributed by atoms with Gasteiger partial charge in [0.05, 0.1) is 12.6 Å². The van der Waals surface area contributed by atoms with E-state index in [0.29, 0.717) is 30.1 Å². The molecule has 0 fully saturated rings. The van der Waals surface area contributed by atoms with Gasteiger partial charge in [0.25, 0.3) is 0 Å². The molecule has 0 aliphatic heterocycles. The topological polar surface area (TPSA) is 76.5 Å². The molecular weight excluding hydrogens is 452 g/mol. The molecule has 36 heavy (non-hydrogen) atoms. The molecule has 0 saturated heterocycles. The molecular formula is C29H28N4O3. The first-order valence-corrected chi connectivity index (χ1v) is 11.6. The zero-order chi connectivity index (χ0) is 25.7. The summed E-state index contributed by atoms with van der Waals surface area (Å²) >= 11 is 0. The maximum atomic E-state index is 13.8. The number of para-hydroxylation sites is 1. The molecule has 1 aromatic heterocycles. The van der Waals surface area contributed by atoms with E-state index in [1.165, 1.54) is 4.90 Å². The van der Waals surface area contributed by atoms with Gasteiger partial charge in [0.2, 0.25) is 5.91 Å². The fourth-order valence-corrected chi connectivity index (χ4v) is 4.34. The van der Waals surface area contributed by atoms with Crippen LogP contribution in [0, 0.1) is 19.3 Å². The number of amides is 2. The van der Waals surface area contributed by atoms with Crippen LogP contribution in [0.1, 0.15) is 22.9 Å². The van der Waals surface area contributed by atoms with Gasteiger partial charge in [0, 0.05) is 24.7 Å². The maximum Gasteiger partial charge on any atom is 0.303 e. The third kappa shape index (κ3) is 4.93. The molecule has 2 amide bonds. The third-order valence-corrected chi connectivity index (χ3v) is 6.11. The average molecular weight is 481 g/mol. The van der Waals surface area contributed by atoms with E-state index >= 15 is 0 Å². The molecule has 7 heteroatoms. The van der Waals surface area contributed by atoms with Crippen LogP contribution in [-0.4, -0.2) is 35.2 Å². The molecule has 4 aromatic rings. The van der Waals surface area contributed by atoms with Crippen LogP contribution in [0.2, 0.25) is 0 Å². The Hall–Kier alpha value is -4.57.